The van der Waals surface area contributed by atoms with Gasteiger partial charge in [-0.05, 0) is 43.4 Å². The Balaban J connectivity index is 1.59. The van der Waals surface area contributed by atoms with Crippen LogP contribution in [0.3, 0.4) is 0 Å². The number of rotatable bonds is 4. The number of benzene rings is 1. The van der Waals surface area contributed by atoms with Gasteiger partial charge in [0.2, 0.25) is 11.8 Å². The third-order valence-electron chi connectivity index (χ3n) is 6.21. The van der Waals surface area contributed by atoms with Crippen molar-refractivity contribution in [1.29, 1.82) is 0 Å². The number of hydrogen-bond donors (Lipinski definition) is 1. The molecule has 134 valence electrons. The minimum absolute atomic E-state index is 0.0251. The van der Waals surface area contributed by atoms with Gasteiger partial charge in [0.1, 0.15) is 11.4 Å². The van der Waals surface area contributed by atoms with Crippen LogP contribution in [0.1, 0.15) is 69.4 Å². The van der Waals surface area contributed by atoms with E-state index in [1.807, 2.05) is 0 Å². The van der Waals surface area contributed by atoms with Crippen LogP contribution in [0.25, 0.3) is 0 Å². The van der Waals surface area contributed by atoms with E-state index in [-0.39, 0.29) is 29.7 Å². The zero-order chi connectivity index (χ0) is 17.4. The molecule has 1 aliphatic heterocycles. The van der Waals surface area contributed by atoms with Gasteiger partial charge in [-0.25, -0.2) is 4.39 Å². The van der Waals surface area contributed by atoms with Crippen molar-refractivity contribution in [1.82, 2.24) is 10.2 Å². The molecule has 0 spiro atoms. The molecule has 5 heteroatoms. The van der Waals surface area contributed by atoms with Gasteiger partial charge in [0, 0.05) is 6.04 Å². The van der Waals surface area contributed by atoms with Gasteiger partial charge in [-0.15, -0.1) is 0 Å². The Labute approximate surface area is 147 Å². The molecule has 1 aromatic carbocycles. The number of β-lactam (4-membered cyclic amide) rings is 1. The van der Waals surface area contributed by atoms with E-state index in [1.54, 1.807) is 17.0 Å². The molecule has 2 aliphatic carbocycles. The van der Waals surface area contributed by atoms with E-state index in [4.69, 9.17) is 0 Å². The number of amides is 2. The van der Waals surface area contributed by atoms with Crippen molar-refractivity contribution in [3.05, 3.63) is 35.6 Å². The number of carbonyl (C=O) groups is 2. The topological polar surface area (TPSA) is 49.4 Å². The highest BCUT2D eigenvalue weighted by Crippen LogP contribution is 2.47. The van der Waals surface area contributed by atoms with Crippen molar-refractivity contribution in [2.24, 2.45) is 0 Å². The second kappa shape index (κ2) is 6.43. The highest BCUT2D eigenvalue weighted by Gasteiger charge is 2.55. The van der Waals surface area contributed by atoms with Crippen LogP contribution in [0.2, 0.25) is 0 Å². The van der Waals surface area contributed by atoms with Gasteiger partial charge < -0.3 is 10.2 Å². The predicted octanol–water partition coefficient (Wildman–Crippen LogP) is 3.47. The lowest BCUT2D eigenvalue weighted by molar-refractivity contribution is -0.165. The Morgan fingerprint density at radius 3 is 2.32 bits per heavy atom. The first kappa shape index (κ1) is 16.6. The molecule has 1 N–H and O–H groups in total. The quantitative estimate of drug-likeness (QED) is 0.850. The van der Waals surface area contributed by atoms with Crippen molar-refractivity contribution in [2.75, 3.05) is 0 Å². The number of hydrogen-bond acceptors (Lipinski definition) is 2. The predicted molar refractivity (Wildman–Crippen MR) is 92.2 cm³/mol. The van der Waals surface area contributed by atoms with Crippen LogP contribution in [-0.4, -0.2) is 28.3 Å². The van der Waals surface area contributed by atoms with Gasteiger partial charge in [-0.2, -0.15) is 0 Å². The van der Waals surface area contributed by atoms with Crippen LogP contribution in [0.15, 0.2) is 24.3 Å². The number of likely N-dealkylation sites (tertiary alicyclic amines) is 1. The molecule has 3 fully saturated rings. The largest absolute Gasteiger partial charge is 0.351 e. The molecule has 1 heterocycles. The molecule has 4 nitrogen and oxygen atoms in total. The highest BCUT2D eigenvalue weighted by molar-refractivity contribution is 5.95. The summed E-state index contributed by atoms with van der Waals surface area (Å²) in [4.78, 5) is 27.5. The summed E-state index contributed by atoms with van der Waals surface area (Å²) in [6.07, 6.45) is 8.22. The molecule has 4 rings (SSSR count). The number of halogens is 1. The van der Waals surface area contributed by atoms with Crippen LogP contribution >= 0.6 is 0 Å². The molecular weight excluding hydrogens is 319 g/mol. The molecule has 1 saturated heterocycles. The number of carbonyl (C=O) groups excluding carboxylic acids is 2. The fraction of sp³-hybridized carbons (Fsp3) is 0.600. The lowest BCUT2D eigenvalue weighted by Gasteiger charge is -2.51. The molecular formula is C20H25FN2O2. The monoisotopic (exact) mass is 344 g/mol. The second-order valence-electron chi connectivity index (χ2n) is 7.73. The summed E-state index contributed by atoms with van der Waals surface area (Å²) in [6.45, 7) is 0. The molecule has 0 radical (unpaired) electrons. The summed E-state index contributed by atoms with van der Waals surface area (Å²) >= 11 is 0. The first-order valence-electron chi connectivity index (χ1n) is 9.49. The van der Waals surface area contributed by atoms with Gasteiger partial charge in [0.05, 0.1) is 12.5 Å². The van der Waals surface area contributed by atoms with E-state index in [1.165, 1.54) is 25.0 Å². The molecule has 2 saturated carbocycles. The molecule has 1 unspecified atom stereocenters. The Bertz CT molecular complexity index is 661. The Hall–Kier alpha value is -1.91. The van der Waals surface area contributed by atoms with Gasteiger partial charge in [-0.3, -0.25) is 9.59 Å². The number of nitrogens with one attached hydrogen (secondary N) is 1. The van der Waals surface area contributed by atoms with E-state index in [0.29, 0.717) is 6.42 Å². The van der Waals surface area contributed by atoms with Crippen molar-refractivity contribution in [3.8, 4) is 0 Å². The van der Waals surface area contributed by atoms with Gasteiger partial charge in [0.25, 0.3) is 0 Å². The summed E-state index contributed by atoms with van der Waals surface area (Å²) in [5.74, 6) is -0.217. The maximum atomic E-state index is 13.2. The molecule has 0 aromatic heterocycles. The van der Waals surface area contributed by atoms with E-state index in [0.717, 1.165) is 44.1 Å². The summed E-state index contributed by atoms with van der Waals surface area (Å²) in [7, 11) is 0. The van der Waals surface area contributed by atoms with Crippen molar-refractivity contribution >= 4 is 11.8 Å². The average molecular weight is 344 g/mol. The zero-order valence-electron chi connectivity index (χ0n) is 14.5. The molecule has 1 aromatic rings. The summed E-state index contributed by atoms with van der Waals surface area (Å²) < 4.78 is 13.2. The Morgan fingerprint density at radius 1 is 1.08 bits per heavy atom. The summed E-state index contributed by atoms with van der Waals surface area (Å²) in [5, 5.41) is 3.22. The molecule has 0 bridgehead atoms. The van der Waals surface area contributed by atoms with E-state index in [2.05, 4.69) is 5.32 Å². The van der Waals surface area contributed by atoms with E-state index < -0.39 is 5.54 Å². The molecule has 25 heavy (non-hydrogen) atoms. The third-order valence-corrected chi connectivity index (χ3v) is 6.21. The van der Waals surface area contributed by atoms with Gasteiger partial charge >= 0.3 is 0 Å². The first-order valence-corrected chi connectivity index (χ1v) is 9.49. The van der Waals surface area contributed by atoms with Crippen LogP contribution < -0.4 is 5.32 Å². The summed E-state index contributed by atoms with van der Waals surface area (Å²) in [5.41, 5.74) is 0.206. The van der Waals surface area contributed by atoms with E-state index in [9.17, 15) is 14.0 Å². The van der Waals surface area contributed by atoms with Crippen LogP contribution in [0.5, 0.6) is 0 Å². The highest BCUT2D eigenvalue weighted by atomic mass is 19.1. The second-order valence-corrected chi connectivity index (χ2v) is 7.73. The van der Waals surface area contributed by atoms with Crippen molar-refractivity contribution < 1.29 is 14.0 Å². The van der Waals surface area contributed by atoms with Crippen LogP contribution in [-0.2, 0) is 9.59 Å². The maximum Gasteiger partial charge on any atom is 0.246 e. The van der Waals surface area contributed by atoms with Crippen molar-refractivity contribution in [3.63, 3.8) is 0 Å². The third kappa shape index (κ3) is 2.83. The lowest BCUT2D eigenvalue weighted by atomic mass is 9.83. The van der Waals surface area contributed by atoms with E-state index >= 15 is 0 Å². The minimum atomic E-state index is -0.711. The van der Waals surface area contributed by atoms with Crippen LogP contribution in [0.4, 0.5) is 4.39 Å². The van der Waals surface area contributed by atoms with Gasteiger partial charge in [0.15, 0.2) is 0 Å². The zero-order valence-corrected chi connectivity index (χ0v) is 14.5. The van der Waals surface area contributed by atoms with Crippen molar-refractivity contribution in [2.45, 2.75) is 75.4 Å². The molecule has 2 amide bonds. The average Bonchev–Trinajstić information content (AvgIpc) is 3.26. The molecule has 3 aliphatic rings. The minimum Gasteiger partial charge on any atom is -0.351 e. The normalized spacial score (nSPS) is 25.9. The van der Waals surface area contributed by atoms with Gasteiger partial charge in [-0.1, -0.05) is 37.8 Å². The Morgan fingerprint density at radius 2 is 1.72 bits per heavy atom. The fourth-order valence-electron chi connectivity index (χ4n) is 4.83. The summed E-state index contributed by atoms with van der Waals surface area (Å²) in [6, 6.07) is 6.46. The standard InChI is InChI=1S/C20H25FN2O2/c21-15-9-7-14(8-10-15)17-13-18(24)23(17)20(11-3-4-12-20)19(25)22-16-5-1-2-6-16/h7-10,16-17H,1-6,11-13H2,(H,22,25). The number of nitrogens with zero attached hydrogens (tertiary/aromatic N) is 1. The lowest BCUT2D eigenvalue weighted by Crippen LogP contribution is -2.65. The van der Waals surface area contributed by atoms with Crippen LogP contribution in [0, 0.1) is 5.82 Å². The fourth-order valence-corrected chi connectivity index (χ4v) is 4.83. The maximum absolute atomic E-state index is 13.2. The smallest absolute Gasteiger partial charge is 0.246 e. The SMILES string of the molecule is O=C1CC(c2ccc(F)cc2)N1C1(C(=O)NC2CCCC2)CCCC1. The molecule has 1 atom stereocenters. The first-order chi connectivity index (χ1) is 12.1. The Kier molecular flexibility index (Phi) is 4.26.